The van der Waals surface area contributed by atoms with Crippen molar-refractivity contribution in [3.8, 4) is 44.5 Å². The first-order chi connectivity index (χ1) is 17.8. The van der Waals surface area contributed by atoms with Crippen LogP contribution in [-0.4, -0.2) is 18.3 Å². The SMILES string of the molecule is CC1(C)OB(c2ccc(-c3ccccc3-c3ccc4c5c(cccc35)-c3ccccc3-4)cc2)OC1(C)C. The van der Waals surface area contributed by atoms with E-state index in [-0.39, 0.29) is 18.3 Å². The van der Waals surface area contributed by atoms with Gasteiger partial charge in [-0.2, -0.15) is 0 Å². The van der Waals surface area contributed by atoms with Gasteiger partial charge in [-0.25, -0.2) is 0 Å². The van der Waals surface area contributed by atoms with Crippen LogP contribution >= 0.6 is 0 Å². The second kappa shape index (κ2) is 7.92. The Morgan fingerprint density at radius 2 is 0.946 bits per heavy atom. The zero-order chi connectivity index (χ0) is 25.4. The van der Waals surface area contributed by atoms with E-state index in [4.69, 9.17) is 9.31 Å². The maximum absolute atomic E-state index is 6.27. The molecule has 0 atom stereocenters. The topological polar surface area (TPSA) is 18.5 Å². The Labute approximate surface area is 219 Å². The molecule has 0 aromatic heterocycles. The molecule has 5 aromatic rings. The van der Waals surface area contributed by atoms with Crippen LogP contribution in [0.1, 0.15) is 27.7 Å². The van der Waals surface area contributed by atoms with E-state index in [1.54, 1.807) is 0 Å². The smallest absolute Gasteiger partial charge is 0.399 e. The molecular weight excluding hydrogens is 451 g/mol. The third-order valence-corrected chi connectivity index (χ3v) is 8.51. The molecule has 5 aromatic carbocycles. The minimum Gasteiger partial charge on any atom is -0.399 e. The molecule has 1 aliphatic heterocycles. The predicted molar refractivity (Wildman–Crippen MR) is 155 cm³/mol. The lowest BCUT2D eigenvalue weighted by Gasteiger charge is -2.32. The molecule has 3 heteroatoms. The van der Waals surface area contributed by atoms with Crippen LogP contribution in [-0.2, 0) is 9.31 Å². The Balaban J connectivity index is 1.31. The summed E-state index contributed by atoms with van der Waals surface area (Å²) in [6.07, 6.45) is 0. The maximum atomic E-state index is 6.27. The molecule has 1 aliphatic carbocycles. The van der Waals surface area contributed by atoms with E-state index in [2.05, 4.69) is 131 Å². The zero-order valence-electron chi connectivity index (χ0n) is 21.7. The first kappa shape index (κ1) is 22.5. The molecule has 0 saturated carbocycles. The first-order valence-corrected chi connectivity index (χ1v) is 13.0. The van der Waals surface area contributed by atoms with Crippen molar-refractivity contribution in [2.75, 3.05) is 0 Å². The van der Waals surface area contributed by atoms with Crippen molar-refractivity contribution >= 4 is 23.4 Å². The van der Waals surface area contributed by atoms with E-state index >= 15 is 0 Å². The van der Waals surface area contributed by atoms with Gasteiger partial charge < -0.3 is 9.31 Å². The van der Waals surface area contributed by atoms with Gasteiger partial charge in [-0.15, -0.1) is 0 Å². The van der Waals surface area contributed by atoms with E-state index in [9.17, 15) is 0 Å². The summed E-state index contributed by atoms with van der Waals surface area (Å²) in [6, 6.07) is 37.4. The summed E-state index contributed by atoms with van der Waals surface area (Å²) in [5, 5.41) is 2.65. The quantitative estimate of drug-likeness (QED) is 0.238. The fraction of sp³-hybridized carbons (Fsp3) is 0.176. The van der Waals surface area contributed by atoms with E-state index in [1.807, 2.05) is 0 Å². The Morgan fingerprint density at radius 3 is 1.57 bits per heavy atom. The standard InChI is InChI=1S/C34H29BO2/c1-33(2)34(3,4)37-35(36-33)23-18-16-22(17-19-23)24-10-5-6-11-25(24)28-20-21-31-27-13-8-7-12-26(27)29-14-9-15-30(28)32(29)31/h5-21H,1-4H3. The van der Waals surface area contributed by atoms with E-state index in [0.717, 1.165) is 5.46 Å². The van der Waals surface area contributed by atoms with Crippen LogP contribution in [0.25, 0.3) is 55.3 Å². The molecule has 1 heterocycles. The third kappa shape index (κ3) is 3.35. The highest BCUT2D eigenvalue weighted by atomic mass is 16.7. The molecule has 0 bridgehead atoms. The molecule has 37 heavy (non-hydrogen) atoms. The molecule has 180 valence electrons. The van der Waals surface area contributed by atoms with Crippen molar-refractivity contribution in [3.05, 3.63) is 103 Å². The lowest BCUT2D eigenvalue weighted by atomic mass is 9.78. The van der Waals surface area contributed by atoms with Gasteiger partial charge in [0.2, 0.25) is 0 Å². The summed E-state index contributed by atoms with van der Waals surface area (Å²) in [7, 11) is -0.354. The number of fused-ring (bicyclic) bond motifs is 3. The lowest BCUT2D eigenvalue weighted by molar-refractivity contribution is 0.00578. The van der Waals surface area contributed by atoms with Crippen LogP contribution in [0.3, 0.4) is 0 Å². The predicted octanol–water partition coefficient (Wildman–Crippen LogP) is 8.12. The lowest BCUT2D eigenvalue weighted by Crippen LogP contribution is -2.41. The van der Waals surface area contributed by atoms with Gasteiger partial charge in [-0.05, 0) is 88.4 Å². The average molecular weight is 480 g/mol. The van der Waals surface area contributed by atoms with Crippen LogP contribution in [0.4, 0.5) is 0 Å². The highest BCUT2D eigenvalue weighted by Crippen LogP contribution is 2.49. The molecule has 2 aliphatic rings. The van der Waals surface area contributed by atoms with E-state index in [0.29, 0.717) is 0 Å². The fourth-order valence-corrected chi connectivity index (χ4v) is 5.81. The molecular formula is C34H29BO2. The molecule has 0 spiro atoms. The maximum Gasteiger partial charge on any atom is 0.494 e. The van der Waals surface area contributed by atoms with Gasteiger partial charge in [0.25, 0.3) is 0 Å². The summed E-state index contributed by atoms with van der Waals surface area (Å²) in [5.41, 5.74) is 10.6. The largest absolute Gasteiger partial charge is 0.494 e. The van der Waals surface area contributed by atoms with Crippen LogP contribution < -0.4 is 5.46 Å². The van der Waals surface area contributed by atoms with Crippen molar-refractivity contribution in [1.29, 1.82) is 0 Å². The summed E-state index contributed by atoms with van der Waals surface area (Å²) in [6.45, 7) is 8.37. The molecule has 0 amide bonds. The van der Waals surface area contributed by atoms with Crippen molar-refractivity contribution in [1.82, 2.24) is 0 Å². The Kier molecular flexibility index (Phi) is 4.82. The first-order valence-electron chi connectivity index (χ1n) is 13.0. The van der Waals surface area contributed by atoms with Gasteiger partial charge in [0.1, 0.15) is 0 Å². The highest BCUT2D eigenvalue weighted by Gasteiger charge is 2.51. The summed E-state index contributed by atoms with van der Waals surface area (Å²) in [4.78, 5) is 0. The van der Waals surface area contributed by atoms with Gasteiger partial charge in [-0.1, -0.05) is 103 Å². The van der Waals surface area contributed by atoms with Gasteiger partial charge in [0, 0.05) is 0 Å². The molecule has 1 saturated heterocycles. The second-order valence-electron chi connectivity index (χ2n) is 11.2. The van der Waals surface area contributed by atoms with Crippen molar-refractivity contribution < 1.29 is 9.31 Å². The van der Waals surface area contributed by atoms with Crippen LogP contribution in [0, 0.1) is 0 Å². The molecule has 7 rings (SSSR count). The van der Waals surface area contributed by atoms with Crippen molar-refractivity contribution in [3.63, 3.8) is 0 Å². The molecule has 0 radical (unpaired) electrons. The number of hydrogen-bond acceptors (Lipinski definition) is 2. The molecule has 0 unspecified atom stereocenters. The Morgan fingerprint density at radius 1 is 0.459 bits per heavy atom. The summed E-state index contributed by atoms with van der Waals surface area (Å²) in [5.74, 6) is 0. The van der Waals surface area contributed by atoms with Crippen LogP contribution in [0.15, 0.2) is 103 Å². The zero-order valence-corrected chi connectivity index (χ0v) is 21.7. The molecule has 1 fully saturated rings. The Bertz CT molecular complexity index is 1640. The minimum atomic E-state index is -0.354. The monoisotopic (exact) mass is 480 g/mol. The van der Waals surface area contributed by atoms with Crippen LogP contribution in [0.2, 0.25) is 0 Å². The van der Waals surface area contributed by atoms with Gasteiger partial charge in [-0.3, -0.25) is 0 Å². The fourth-order valence-electron chi connectivity index (χ4n) is 5.81. The number of benzene rings is 5. The molecule has 0 N–H and O–H groups in total. The third-order valence-electron chi connectivity index (χ3n) is 8.51. The Hall–Kier alpha value is -3.66. The highest BCUT2D eigenvalue weighted by molar-refractivity contribution is 6.62. The van der Waals surface area contributed by atoms with Crippen molar-refractivity contribution in [2.45, 2.75) is 38.9 Å². The van der Waals surface area contributed by atoms with Crippen LogP contribution in [0.5, 0.6) is 0 Å². The van der Waals surface area contributed by atoms with E-state index < -0.39 is 0 Å². The number of hydrogen-bond donors (Lipinski definition) is 0. The summed E-state index contributed by atoms with van der Waals surface area (Å²) < 4.78 is 12.5. The van der Waals surface area contributed by atoms with Crippen molar-refractivity contribution in [2.24, 2.45) is 0 Å². The molecule has 2 nitrogen and oxygen atoms in total. The van der Waals surface area contributed by atoms with Gasteiger partial charge in [0.05, 0.1) is 11.2 Å². The second-order valence-corrected chi connectivity index (χ2v) is 11.2. The van der Waals surface area contributed by atoms with Gasteiger partial charge >= 0.3 is 7.12 Å². The summed E-state index contributed by atoms with van der Waals surface area (Å²) >= 11 is 0. The number of rotatable bonds is 3. The van der Waals surface area contributed by atoms with E-state index in [1.165, 1.54) is 55.3 Å². The normalized spacial score (nSPS) is 16.8. The average Bonchev–Trinajstić information content (AvgIpc) is 3.35. The van der Waals surface area contributed by atoms with Gasteiger partial charge in [0.15, 0.2) is 0 Å². The minimum absolute atomic E-state index is 0.349.